The molecule has 0 radical (unpaired) electrons. The van der Waals surface area contributed by atoms with Crippen molar-refractivity contribution in [3.05, 3.63) is 47.7 Å². The van der Waals surface area contributed by atoms with Crippen molar-refractivity contribution in [2.24, 2.45) is 11.8 Å². The van der Waals surface area contributed by atoms with E-state index in [9.17, 15) is 14.4 Å². The van der Waals surface area contributed by atoms with Crippen molar-refractivity contribution in [3.8, 4) is 0 Å². The molecule has 8 heteroatoms. The van der Waals surface area contributed by atoms with Gasteiger partial charge in [-0.3, -0.25) is 14.4 Å². The van der Waals surface area contributed by atoms with Crippen LogP contribution in [0, 0.1) is 11.8 Å². The van der Waals surface area contributed by atoms with Gasteiger partial charge in [0.15, 0.2) is 5.76 Å². The number of aromatic nitrogens is 1. The maximum Gasteiger partial charge on any atom is 0.310 e. The molecule has 1 atom stereocenters. The Balaban J connectivity index is 1.39. The summed E-state index contributed by atoms with van der Waals surface area (Å²) in [5, 5.41) is 0. The lowest BCUT2D eigenvalue weighted by Crippen LogP contribution is -2.42. The van der Waals surface area contributed by atoms with Gasteiger partial charge in [0, 0.05) is 37.4 Å². The van der Waals surface area contributed by atoms with Gasteiger partial charge in [-0.2, -0.15) is 0 Å². The standard InChI is InChI=1S/C28H39N3O5/c1-3-15-30(26(32)21-9-5-6-10-21)19-23-12-8-16-29(23)20-24-13-14-25(36-24)27(33)31-17-7-11-22(18-31)28(34)35-4-2/h8,12-14,16,21-22H,3-7,9-11,15,17-20H2,1-2H3. The van der Waals surface area contributed by atoms with Crippen LogP contribution < -0.4 is 0 Å². The summed E-state index contributed by atoms with van der Waals surface area (Å²) in [7, 11) is 0. The SMILES string of the molecule is CCCN(Cc1cccn1Cc1ccc(C(=O)N2CCCC(C(=O)OCC)C2)o1)C(=O)C1CCCC1. The van der Waals surface area contributed by atoms with Gasteiger partial charge in [-0.15, -0.1) is 0 Å². The van der Waals surface area contributed by atoms with E-state index in [0.717, 1.165) is 57.2 Å². The van der Waals surface area contributed by atoms with Gasteiger partial charge in [-0.05, 0) is 63.3 Å². The molecule has 2 aromatic rings. The number of esters is 1. The van der Waals surface area contributed by atoms with Gasteiger partial charge in [-0.25, -0.2) is 0 Å². The van der Waals surface area contributed by atoms with Crippen molar-refractivity contribution < 1.29 is 23.5 Å². The molecule has 2 aliphatic rings. The average Bonchev–Trinajstić information content (AvgIpc) is 3.67. The Hall–Kier alpha value is -3.03. The lowest BCUT2D eigenvalue weighted by atomic mass is 9.98. The quantitative estimate of drug-likeness (QED) is 0.452. The fourth-order valence-corrected chi connectivity index (χ4v) is 5.43. The zero-order valence-electron chi connectivity index (χ0n) is 21.6. The number of nitrogens with zero attached hydrogens (tertiary/aromatic N) is 3. The minimum atomic E-state index is -0.280. The summed E-state index contributed by atoms with van der Waals surface area (Å²) in [5.74, 6) is 0.689. The van der Waals surface area contributed by atoms with Crippen LogP contribution in [-0.4, -0.2) is 58.4 Å². The molecule has 1 saturated heterocycles. The molecule has 0 N–H and O–H groups in total. The minimum absolute atomic E-state index is 0.164. The van der Waals surface area contributed by atoms with Gasteiger partial charge in [0.2, 0.25) is 5.91 Å². The Morgan fingerprint density at radius 2 is 1.83 bits per heavy atom. The number of furan rings is 1. The molecule has 196 valence electrons. The summed E-state index contributed by atoms with van der Waals surface area (Å²) in [5.41, 5.74) is 1.05. The van der Waals surface area contributed by atoms with Crippen LogP contribution in [0.15, 0.2) is 34.9 Å². The van der Waals surface area contributed by atoms with E-state index in [2.05, 4.69) is 11.5 Å². The number of likely N-dealkylation sites (tertiary alicyclic amines) is 1. The highest BCUT2D eigenvalue weighted by Gasteiger charge is 2.31. The number of carbonyl (C=O) groups excluding carboxylic acids is 3. The van der Waals surface area contributed by atoms with Crippen LogP contribution in [0.5, 0.6) is 0 Å². The third-order valence-electron chi connectivity index (χ3n) is 7.31. The van der Waals surface area contributed by atoms with E-state index in [-0.39, 0.29) is 35.4 Å². The van der Waals surface area contributed by atoms with E-state index < -0.39 is 0 Å². The lowest BCUT2D eigenvalue weighted by Gasteiger charge is -2.30. The molecule has 0 aromatic carbocycles. The van der Waals surface area contributed by atoms with Crippen LogP contribution in [0.1, 0.15) is 80.8 Å². The van der Waals surface area contributed by atoms with E-state index in [1.807, 2.05) is 29.3 Å². The first-order valence-corrected chi connectivity index (χ1v) is 13.5. The zero-order valence-corrected chi connectivity index (χ0v) is 21.6. The summed E-state index contributed by atoms with van der Waals surface area (Å²) < 4.78 is 13.2. The number of hydrogen-bond acceptors (Lipinski definition) is 5. The summed E-state index contributed by atoms with van der Waals surface area (Å²) in [6, 6.07) is 7.57. The van der Waals surface area contributed by atoms with Crippen molar-refractivity contribution in [1.82, 2.24) is 14.4 Å². The van der Waals surface area contributed by atoms with E-state index >= 15 is 0 Å². The Morgan fingerprint density at radius 1 is 1.06 bits per heavy atom. The molecule has 0 spiro atoms. The summed E-state index contributed by atoms with van der Waals surface area (Å²) in [6.45, 7) is 7.02. The first-order chi connectivity index (χ1) is 17.5. The maximum atomic E-state index is 13.1. The van der Waals surface area contributed by atoms with Crippen LogP contribution in [0.2, 0.25) is 0 Å². The van der Waals surface area contributed by atoms with Crippen molar-refractivity contribution >= 4 is 17.8 Å². The molecular formula is C28H39N3O5. The van der Waals surface area contributed by atoms with Gasteiger partial charge in [-0.1, -0.05) is 19.8 Å². The fourth-order valence-electron chi connectivity index (χ4n) is 5.43. The Labute approximate surface area is 213 Å². The third kappa shape index (κ3) is 6.20. The second kappa shape index (κ2) is 12.3. The molecule has 1 aliphatic carbocycles. The van der Waals surface area contributed by atoms with Gasteiger partial charge in [0.1, 0.15) is 5.76 Å². The molecule has 2 aromatic heterocycles. The summed E-state index contributed by atoms with van der Waals surface area (Å²) in [6.07, 6.45) is 8.71. The van der Waals surface area contributed by atoms with Crippen LogP contribution in [0.25, 0.3) is 0 Å². The van der Waals surface area contributed by atoms with E-state index in [0.29, 0.717) is 38.5 Å². The molecule has 2 amide bonds. The van der Waals surface area contributed by atoms with Crippen LogP contribution >= 0.6 is 0 Å². The van der Waals surface area contributed by atoms with Crippen molar-refractivity contribution in [1.29, 1.82) is 0 Å². The summed E-state index contributed by atoms with van der Waals surface area (Å²) in [4.78, 5) is 42.0. The number of piperidine rings is 1. The zero-order chi connectivity index (χ0) is 25.5. The monoisotopic (exact) mass is 497 g/mol. The molecule has 8 nitrogen and oxygen atoms in total. The molecule has 1 saturated carbocycles. The van der Waals surface area contributed by atoms with Crippen molar-refractivity contribution in [3.63, 3.8) is 0 Å². The smallest absolute Gasteiger partial charge is 0.310 e. The minimum Gasteiger partial charge on any atom is -0.466 e. The third-order valence-corrected chi connectivity index (χ3v) is 7.31. The van der Waals surface area contributed by atoms with Gasteiger partial charge < -0.3 is 23.5 Å². The lowest BCUT2D eigenvalue weighted by molar-refractivity contribution is -0.149. The van der Waals surface area contributed by atoms with Crippen molar-refractivity contribution in [2.75, 3.05) is 26.2 Å². The van der Waals surface area contributed by atoms with Crippen LogP contribution in [0.3, 0.4) is 0 Å². The molecule has 2 fully saturated rings. The molecule has 4 rings (SSSR count). The maximum absolute atomic E-state index is 13.1. The Kier molecular flexibility index (Phi) is 8.88. The van der Waals surface area contributed by atoms with Crippen molar-refractivity contribution in [2.45, 2.75) is 71.9 Å². The first kappa shape index (κ1) is 26.0. The predicted molar refractivity (Wildman–Crippen MR) is 135 cm³/mol. The van der Waals surface area contributed by atoms with Crippen LogP contribution in [0.4, 0.5) is 0 Å². The number of amides is 2. The molecule has 36 heavy (non-hydrogen) atoms. The van der Waals surface area contributed by atoms with E-state index in [1.54, 1.807) is 17.9 Å². The number of ether oxygens (including phenoxy) is 1. The highest BCUT2D eigenvalue weighted by Crippen LogP contribution is 2.27. The first-order valence-electron chi connectivity index (χ1n) is 13.5. The Bertz CT molecular complexity index is 1040. The highest BCUT2D eigenvalue weighted by atomic mass is 16.5. The van der Waals surface area contributed by atoms with Gasteiger partial charge >= 0.3 is 5.97 Å². The number of hydrogen-bond donors (Lipinski definition) is 0. The second-order valence-electron chi connectivity index (χ2n) is 9.98. The average molecular weight is 498 g/mol. The fraction of sp³-hybridized carbons (Fsp3) is 0.607. The largest absolute Gasteiger partial charge is 0.466 e. The second-order valence-corrected chi connectivity index (χ2v) is 9.98. The number of carbonyl (C=O) groups is 3. The Morgan fingerprint density at radius 3 is 2.58 bits per heavy atom. The molecular weight excluding hydrogens is 458 g/mol. The van der Waals surface area contributed by atoms with E-state index in [1.165, 1.54) is 0 Å². The highest BCUT2D eigenvalue weighted by molar-refractivity contribution is 5.92. The normalized spacial score (nSPS) is 18.4. The van der Waals surface area contributed by atoms with Gasteiger partial charge in [0.05, 0.1) is 25.6 Å². The molecule has 1 aliphatic heterocycles. The molecule has 3 heterocycles. The summed E-state index contributed by atoms with van der Waals surface area (Å²) >= 11 is 0. The topological polar surface area (TPSA) is 85.0 Å². The molecule has 1 unspecified atom stereocenters. The van der Waals surface area contributed by atoms with Gasteiger partial charge in [0.25, 0.3) is 5.91 Å². The van der Waals surface area contributed by atoms with E-state index in [4.69, 9.17) is 9.15 Å². The molecule has 0 bridgehead atoms. The number of rotatable bonds is 10. The predicted octanol–water partition coefficient (Wildman–Crippen LogP) is 4.47. The van der Waals surface area contributed by atoms with Crippen LogP contribution in [-0.2, 0) is 27.4 Å².